The average Bonchev–Trinajstić information content (AvgIpc) is 3.19. The summed E-state index contributed by atoms with van der Waals surface area (Å²) in [7, 11) is 0. The van der Waals surface area contributed by atoms with Crippen molar-refractivity contribution in [3.63, 3.8) is 0 Å². The summed E-state index contributed by atoms with van der Waals surface area (Å²) >= 11 is 1.36. The maximum absolute atomic E-state index is 12.1. The number of nitrogens with zero attached hydrogens (tertiary/aromatic N) is 5. The lowest BCUT2D eigenvalue weighted by Gasteiger charge is -2.11. The van der Waals surface area contributed by atoms with Gasteiger partial charge in [0, 0.05) is 25.8 Å². The Labute approximate surface area is 126 Å². The number of nitrogens with one attached hydrogen (secondary N) is 1. The highest BCUT2D eigenvalue weighted by Gasteiger charge is 2.21. The van der Waals surface area contributed by atoms with E-state index in [1.807, 2.05) is 0 Å². The monoisotopic (exact) mass is 307 g/mol. The Hall–Kier alpha value is -2.16. The molecule has 1 aliphatic rings. The van der Waals surface area contributed by atoms with Crippen LogP contribution in [0.25, 0.3) is 0 Å². The van der Waals surface area contributed by atoms with Crippen molar-refractivity contribution in [2.45, 2.75) is 19.4 Å². The van der Waals surface area contributed by atoms with E-state index in [2.05, 4.69) is 25.5 Å². The molecule has 112 valence electrons. The lowest BCUT2D eigenvalue weighted by molar-refractivity contribution is 0.0956. The molecular formula is C12H17N7OS. The molecule has 1 fully saturated rings. The summed E-state index contributed by atoms with van der Waals surface area (Å²) < 4.78 is 1.66. The van der Waals surface area contributed by atoms with Gasteiger partial charge in [-0.1, -0.05) is 16.6 Å². The van der Waals surface area contributed by atoms with E-state index >= 15 is 0 Å². The van der Waals surface area contributed by atoms with Crippen LogP contribution in [0.5, 0.6) is 0 Å². The maximum atomic E-state index is 12.1. The molecule has 0 radical (unpaired) electrons. The van der Waals surface area contributed by atoms with Gasteiger partial charge in [-0.05, 0) is 12.8 Å². The third kappa shape index (κ3) is 3.13. The van der Waals surface area contributed by atoms with Gasteiger partial charge in [0.25, 0.3) is 5.91 Å². The van der Waals surface area contributed by atoms with E-state index in [1.165, 1.54) is 24.2 Å². The van der Waals surface area contributed by atoms with E-state index < -0.39 is 0 Å². The highest BCUT2D eigenvalue weighted by atomic mass is 32.1. The zero-order valence-electron chi connectivity index (χ0n) is 11.5. The zero-order valence-corrected chi connectivity index (χ0v) is 12.3. The van der Waals surface area contributed by atoms with Crippen molar-refractivity contribution in [2.24, 2.45) is 0 Å². The first-order valence-electron chi connectivity index (χ1n) is 6.87. The molecule has 2 aromatic rings. The van der Waals surface area contributed by atoms with E-state index in [0.29, 0.717) is 23.8 Å². The van der Waals surface area contributed by atoms with Crippen LogP contribution in [0.2, 0.25) is 0 Å². The van der Waals surface area contributed by atoms with Crippen molar-refractivity contribution >= 4 is 28.2 Å². The number of aromatic nitrogens is 4. The molecule has 1 amide bonds. The second-order valence-corrected chi connectivity index (χ2v) is 5.80. The summed E-state index contributed by atoms with van der Waals surface area (Å²) in [6.45, 7) is 3.02. The third-order valence-electron chi connectivity index (χ3n) is 3.32. The summed E-state index contributed by atoms with van der Waals surface area (Å²) in [4.78, 5) is 19.1. The number of carbonyl (C=O) groups excluding carboxylic acids is 1. The molecule has 21 heavy (non-hydrogen) atoms. The van der Waals surface area contributed by atoms with Gasteiger partial charge >= 0.3 is 0 Å². The second kappa shape index (κ2) is 6.08. The van der Waals surface area contributed by atoms with Crippen LogP contribution >= 0.6 is 11.3 Å². The van der Waals surface area contributed by atoms with Crippen LogP contribution in [0.3, 0.4) is 0 Å². The normalized spacial score (nSPS) is 14.6. The van der Waals surface area contributed by atoms with E-state index in [4.69, 9.17) is 5.73 Å². The predicted molar refractivity (Wildman–Crippen MR) is 80.3 cm³/mol. The second-order valence-electron chi connectivity index (χ2n) is 4.83. The van der Waals surface area contributed by atoms with Crippen molar-refractivity contribution in [2.75, 3.05) is 30.3 Å². The molecule has 9 heteroatoms. The smallest absolute Gasteiger partial charge is 0.265 e. The fourth-order valence-electron chi connectivity index (χ4n) is 2.24. The largest absolute Gasteiger partial charge is 0.382 e. The molecule has 0 spiro atoms. The third-order valence-corrected chi connectivity index (χ3v) is 4.45. The molecule has 0 aliphatic carbocycles. The van der Waals surface area contributed by atoms with Crippen molar-refractivity contribution in [3.05, 3.63) is 17.3 Å². The minimum Gasteiger partial charge on any atom is -0.382 e. The molecular weight excluding hydrogens is 290 g/mol. The van der Waals surface area contributed by atoms with Crippen molar-refractivity contribution < 1.29 is 4.79 Å². The van der Waals surface area contributed by atoms with Crippen molar-refractivity contribution in [1.29, 1.82) is 0 Å². The molecule has 0 atom stereocenters. The van der Waals surface area contributed by atoms with E-state index in [1.54, 1.807) is 17.1 Å². The van der Waals surface area contributed by atoms with Crippen LogP contribution < -0.4 is 16.0 Å². The first kappa shape index (κ1) is 13.8. The van der Waals surface area contributed by atoms with Crippen molar-refractivity contribution in [1.82, 2.24) is 25.3 Å². The Balaban J connectivity index is 1.58. The van der Waals surface area contributed by atoms with Gasteiger partial charge in [-0.2, -0.15) is 0 Å². The number of hydrogen-bond acceptors (Lipinski definition) is 7. The van der Waals surface area contributed by atoms with Crippen LogP contribution in [0, 0.1) is 0 Å². The molecule has 0 aromatic carbocycles. The Morgan fingerprint density at radius 1 is 1.43 bits per heavy atom. The van der Waals surface area contributed by atoms with Crippen LogP contribution in [0.15, 0.2) is 12.4 Å². The summed E-state index contributed by atoms with van der Waals surface area (Å²) in [5.74, 6) is 0.121. The van der Waals surface area contributed by atoms with E-state index in [0.717, 1.165) is 18.2 Å². The minimum absolute atomic E-state index is 0.185. The molecule has 3 N–H and O–H groups in total. The number of anilines is 2. The number of nitrogens with two attached hydrogens (primary N) is 1. The quantitative estimate of drug-likeness (QED) is 0.826. The number of amides is 1. The molecule has 0 saturated carbocycles. The Morgan fingerprint density at radius 2 is 2.24 bits per heavy atom. The van der Waals surface area contributed by atoms with Gasteiger partial charge < -0.3 is 16.0 Å². The van der Waals surface area contributed by atoms with E-state index in [-0.39, 0.29) is 5.91 Å². The summed E-state index contributed by atoms with van der Waals surface area (Å²) in [6.07, 6.45) is 5.68. The molecule has 1 saturated heterocycles. The maximum Gasteiger partial charge on any atom is 0.265 e. The summed E-state index contributed by atoms with van der Waals surface area (Å²) in [5, 5.41) is 11.2. The first-order valence-corrected chi connectivity index (χ1v) is 7.69. The lowest BCUT2D eigenvalue weighted by atomic mass is 10.4. The molecule has 2 aromatic heterocycles. The van der Waals surface area contributed by atoms with Crippen molar-refractivity contribution in [3.8, 4) is 0 Å². The van der Waals surface area contributed by atoms with Crippen LogP contribution in [-0.4, -0.2) is 45.5 Å². The predicted octanol–water partition coefficient (Wildman–Crippen LogP) is 0.347. The summed E-state index contributed by atoms with van der Waals surface area (Å²) in [5.41, 5.74) is 5.86. The first-order chi connectivity index (χ1) is 10.2. The Bertz CT molecular complexity index is 603. The highest BCUT2D eigenvalue weighted by Crippen LogP contribution is 2.30. The van der Waals surface area contributed by atoms with Gasteiger partial charge in [0.1, 0.15) is 10.7 Å². The Kier molecular flexibility index (Phi) is 4.00. The SMILES string of the molecule is Nc1nc(N2CCCC2)sc1C(=O)NCCn1ccnn1. The standard InChI is InChI=1S/C12H17N7OS/c13-10-9(21-12(16-10)18-5-1-2-6-18)11(20)14-3-7-19-8-4-15-17-19/h4,8H,1-3,5-7,13H2,(H,14,20). The lowest BCUT2D eigenvalue weighted by Crippen LogP contribution is -2.27. The van der Waals surface area contributed by atoms with Crippen LogP contribution in [0.4, 0.5) is 10.9 Å². The van der Waals surface area contributed by atoms with Gasteiger partial charge in [0.05, 0.1) is 12.7 Å². The number of thiazole rings is 1. The van der Waals surface area contributed by atoms with Gasteiger partial charge in [-0.25, -0.2) is 4.98 Å². The fraction of sp³-hybridized carbons (Fsp3) is 0.500. The number of rotatable bonds is 5. The molecule has 3 rings (SSSR count). The highest BCUT2D eigenvalue weighted by molar-refractivity contribution is 7.18. The molecule has 8 nitrogen and oxygen atoms in total. The number of carbonyl (C=O) groups is 1. The van der Waals surface area contributed by atoms with Crippen LogP contribution in [0.1, 0.15) is 22.5 Å². The molecule has 0 unspecified atom stereocenters. The van der Waals surface area contributed by atoms with Gasteiger partial charge in [0.15, 0.2) is 5.13 Å². The molecule has 0 bridgehead atoms. The fourth-order valence-corrected chi connectivity index (χ4v) is 3.20. The summed E-state index contributed by atoms with van der Waals surface area (Å²) in [6, 6.07) is 0. The zero-order chi connectivity index (χ0) is 14.7. The topological polar surface area (TPSA) is 102 Å². The van der Waals surface area contributed by atoms with Gasteiger partial charge in [-0.3, -0.25) is 9.48 Å². The minimum atomic E-state index is -0.185. The van der Waals surface area contributed by atoms with Gasteiger partial charge in [-0.15, -0.1) is 5.10 Å². The van der Waals surface area contributed by atoms with Crippen LogP contribution in [-0.2, 0) is 6.54 Å². The Morgan fingerprint density at radius 3 is 2.95 bits per heavy atom. The molecule has 3 heterocycles. The number of hydrogen-bond donors (Lipinski definition) is 2. The molecule has 1 aliphatic heterocycles. The number of nitrogen functional groups attached to an aromatic ring is 1. The van der Waals surface area contributed by atoms with Gasteiger partial charge in [0.2, 0.25) is 0 Å². The van der Waals surface area contributed by atoms with E-state index in [9.17, 15) is 4.79 Å². The average molecular weight is 307 g/mol.